The molecule has 0 saturated carbocycles. The molecule has 48 heavy (non-hydrogen) atoms. The minimum Gasteiger partial charge on any atom is -0.444 e. The van der Waals surface area contributed by atoms with Gasteiger partial charge in [-0.2, -0.15) is 0 Å². The molecule has 17 heteroatoms. The van der Waals surface area contributed by atoms with E-state index in [-0.39, 0.29) is 35.9 Å². The third-order valence-corrected chi connectivity index (χ3v) is 5.97. The van der Waals surface area contributed by atoms with E-state index >= 15 is 0 Å². The van der Waals surface area contributed by atoms with Crippen molar-refractivity contribution >= 4 is 81.7 Å². The highest BCUT2D eigenvalue weighted by atomic mass is 35.5. The van der Waals surface area contributed by atoms with Gasteiger partial charge in [0.05, 0.1) is 5.34 Å². The lowest BCUT2D eigenvalue weighted by atomic mass is 10.2. The number of halogens is 5. The Labute approximate surface area is 314 Å². The normalized spacial score (nSPS) is 12.2. The van der Waals surface area contributed by atoms with Gasteiger partial charge in [0.15, 0.2) is 11.1 Å². The third-order valence-electron chi connectivity index (χ3n) is 4.69. The summed E-state index contributed by atoms with van der Waals surface area (Å²) >= 11 is 25.8. The molecule has 0 radical (unpaired) electrons. The van der Waals surface area contributed by atoms with Gasteiger partial charge >= 0.3 is 23.7 Å². The second-order valence-corrected chi connectivity index (χ2v) is 15.3. The Bertz CT molecular complexity index is 871. The summed E-state index contributed by atoms with van der Waals surface area (Å²) < 4.78 is 19.8. The molecule has 3 amide bonds. The number of alkyl halides is 4. The molecule has 0 spiro atoms. The molecular weight excluding hydrogens is 734 g/mol. The summed E-state index contributed by atoms with van der Waals surface area (Å²) in [5.41, 5.74) is -3.12. The van der Waals surface area contributed by atoms with Gasteiger partial charge in [-0.05, 0) is 55.4 Å². The van der Waals surface area contributed by atoms with Gasteiger partial charge in [0.2, 0.25) is 0 Å². The largest absolute Gasteiger partial charge is 0.444 e. The molecule has 0 aromatic rings. The van der Waals surface area contributed by atoms with Crippen LogP contribution in [0.5, 0.6) is 0 Å². The zero-order valence-corrected chi connectivity index (χ0v) is 34.9. The first kappa shape index (κ1) is 53.5. The molecule has 0 heterocycles. The van der Waals surface area contributed by atoms with Crippen molar-refractivity contribution in [1.82, 2.24) is 20.9 Å². The number of carbonyl (C=O) groups is 4. The molecule has 12 nitrogen and oxygen atoms in total. The van der Waals surface area contributed by atoms with Gasteiger partial charge in [-0.1, -0.05) is 64.7 Å². The van der Waals surface area contributed by atoms with Crippen molar-refractivity contribution in [2.45, 2.75) is 131 Å². The highest BCUT2D eigenvalue weighted by Gasteiger charge is 2.23. The fraction of sp³-hybridized carbons (Fsp3) is 0.871. The molecule has 0 aromatic heterocycles. The van der Waals surface area contributed by atoms with Crippen LogP contribution in [0.25, 0.3) is 0 Å². The van der Waals surface area contributed by atoms with Crippen molar-refractivity contribution < 1.29 is 38.1 Å². The Balaban J connectivity index is -0.000000317. The van der Waals surface area contributed by atoms with Crippen LogP contribution in [0.3, 0.4) is 0 Å². The van der Waals surface area contributed by atoms with E-state index in [1.54, 1.807) is 20.8 Å². The van der Waals surface area contributed by atoms with Crippen LogP contribution in [0.15, 0.2) is 0 Å². The van der Waals surface area contributed by atoms with Crippen LogP contribution in [-0.2, 0) is 18.9 Å². The summed E-state index contributed by atoms with van der Waals surface area (Å²) in [6.07, 6.45) is -1.36. The van der Waals surface area contributed by atoms with Gasteiger partial charge in [-0.15, -0.1) is 23.2 Å². The topological polar surface area (TPSA) is 145 Å². The molecule has 0 aliphatic rings. The highest BCUT2D eigenvalue weighted by Crippen LogP contribution is 2.14. The molecule has 2 unspecified atom stereocenters. The second kappa shape index (κ2) is 29.4. The van der Waals surface area contributed by atoms with Gasteiger partial charge < -0.3 is 39.8 Å². The smallest absolute Gasteiger partial charge is 0.411 e. The zero-order valence-electron chi connectivity index (χ0n) is 31.1. The van der Waals surface area contributed by atoms with Crippen LogP contribution in [0.4, 0.5) is 19.2 Å². The van der Waals surface area contributed by atoms with Crippen LogP contribution in [0.1, 0.15) is 96.9 Å². The molecule has 2 atom stereocenters. The summed E-state index contributed by atoms with van der Waals surface area (Å²) in [5.74, 6) is 0.119. The van der Waals surface area contributed by atoms with E-state index in [9.17, 15) is 19.2 Å². The van der Waals surface area contributed by atoms with E-state index in [0.717, 1.165) is 6.54 Å². The number of hydrogen-bond donors (Lipinski definition) is 3. The van der Waals surface area contributed by atoms with Crippen molar-refractivity contribution in [2.75, 3.05) is 31.5 Å². The Kier molecular flexibility index (Phi) is 32.8. The van der Waals surface area contributed by atoms with E-state index in [1.165, 1.54) is 4.90 Å². The Morgan fingerprint density at radius 1 is 0.667 bits per heavy atom. The van der Waals surface area contributed by atoms with Gasteiger partial charge in [-0.25, -0.2) is 19.2 Å². The molecule has 3 N–H and O–H groups in total. The van der Waals surface area contributed by atoms with Gasteiger partial charge in [0, 0.05) is 61.7 Å². The second-order valence-electron chi connectivity index (χ2n) is 13.3. The SMILES string of the molecule is CC(C)C(Cl)OC(=O)Cl.CC(C)C(Cl)OC(=O)N(CCNC(=O)OC(C)(C)C)C(C)C.CC(C)NCCNC(=O)OC(C)(C)C.ClCCl. The monoisotopic (exact) mass is 792 g/mol. The van der Waals surface area contributed by atoms with Crippen molar-refractivity contribution in [1.29, 1.82) is 0 Å². The average molecular weight is 795 g/mol. The van der Waals surface area contributed by atoms with Gasteiger partial charge in [0.1, 0.15) is 11.2 Å². The van der Waals surface area contributed by atoms with E-state index < -0.39 is 39.9 Å². The zero-order chi connectivity index (χ0) is 38.8. The van der Waals surface area contributed by atoms with Crippen molar-refractivity contribution in [3.63, 3.8) is 0 Å². The number of nitrogens with one attached hydrogen (secondary N) is 3. The first-order chi connectivity index (χ1) is 21.7. The molecular formula is C31H61Cl5N4O8. The van der Waals surface area contributed by atoms with E-state index in [2.05, 4.69) is 34.5 Å². The van der Waals surface area contributed by atoms with E-state index in [0.29, 0.717) is 19.1 Å². The minimum absolute atomic E-state index is 0.0273. The van der Waals surface area contributed by atoms with Crippen molar-refractivity contribution in [3.05, 3.63) is 0 Å². The molecule has 0 bridgehead atoms. The van der Waals surface area contributed by atoms with Crippen LogP contribution in [-0.4, -0.2) is 94.5 Å². The third kappa shape index (κ3) is 40.9. The molecule has 0 fully saturated rings. The standard InChI is InChI=1S/C15H29ClN2O4.C10H22N2O2.C5H8Cl2O2.CH2Cl2/c1-10(2)12(16)21-14(20)18(11(3)4)9-8-17-13(19)22-15(5,6)7;1-8(2)11-6-7-12-9(13)14-10(3,4)5;1-3(2)4(6)9-5(7)8;2-1-3/h10-12H,8-9H2,1-7H3,(H,17,19);8,11H,6-7H2,1-5H3,(H,12,13);3-4H,1-2H3;1H2. The quantitative estimate of drug-likeness (QED) is 0.0763. The molecule has 0 aliphatic heterocycles. The fourth-order valence-electron chi connectivity index (χ4n) is 2.52. The van der Waals surface area contributed by atoms with Gasteiger partial charge in [0.25, 0.3) is 0 Å². The van der Waals surface area contributed by atoms with Crippen molar-refractivity contribution in [3.8, 4) is 0 Å². The van der Waals surface area contributed by atoms with Crippen LogP contribution in [0.2, 0.25) is 0 Å². The molecule has 0 aromatic carbocycles. The summed E-state index contributed by atoms with van der Waals surface area (Å²) in [7, 11) is 0. The molecule has 288 valence electrons. The summed E-state index contributed by atoms with van der Waals surface area (Å²) in [4.78, 5) is 46.3. The highest BCUT2D eigenvalue weighted by molar-refractivity contribution is 6.61. The Hall–Kier alpha value is -1.31. The van der Waals surface area contributed by atoms with Crippen LogP contribution in [0, 0.1) is 11.8 Å². The summed E-state index contributed by atoms with van der Waals surface area (Å²) in [5, 5.41) is 8.67. The maximum atomic E-state index is 12.1. The van der Waals surface area contributed by atoms with Crippen LogP contribution >= 0.6 is 58.0 Å². The number of hydrogen-bond acceptors (Lipinski definition) is 9. The maximum absolute atomic E-state index is 12.1. The van der Waals surface area contributed by atoms with E-state index in [4.69, 9.17) is 72.2 Å². The van der Waals surface area contributed by atoms with E-state index in [1.807, 2.05) is 62.3 Å². The first-order valence-electron chi connectivity index (χ1n) is 15.6. The van der Waals surface area contributed by atoms with Crippen LogP contribution < -0.4 is 16.0 Å². The predicted molar refractivity (Wildman–Crippen MR) is 198 cm³/mol. The van der Waals surface area contributed by atoms with Gasteiger partial charge in [-0.3, -0.25) is 0 Å². The lowest BCUT2D eigenvalue weighted by Crippen LogP contribution is -2.44. The number of carbonyl (C=O) groups excluding carboxylic acids is 4. The molecule has 0 saturated heterocycles. The van der Waals surface area contributed by atoms with Crippen molar-refractivity contribution in [2.24, 2.45) is 11.8 Å². The number of alkyl carbamates (subject to hydrolysis) is 2. The Morgan fingerprint density at radius 2 is 1.04 bits per heavy atom. The number of nitrogens with zero attached hydrogens (tertiary/aromatic N) is 1. The maximum Gasteiger partial charge on any atom is 0.411 e. The molecule has 0 rings (SSSR count). The number of ether oxygens (including phenoxy) is 4. The fourth-order valence-corrected chi connectivity index (χ4v) is 2.82. The first-order valence-corrected chi connectivity index (χ1v) is 17.9. The lowest BCUT2D eigenvalue weighted by molar-refractivity contribution is 0.0493. The Morgan fingerprint density at radius 3 is 1.33 bits per heavy atom. The number of amides is 3. The summed E-state index contributed by atoms with van der Waals surface area (Å²) in [6, 6.07) is 0.374. The predicted octanol–water partition coefficient (Wildman–Crippen LogP) is 9.09. The molecule has 0 aliphatic carbocycles. The summed E-state index contributed by atoms with van der Waals surface area (Å²) in [6.45, 7) is 28.1. The number of rotatable bonds is 12. The lowest BCUT2D eigenvalue weighted by Gasteiger charge is -2.28. The average Bonchev–Trinajstić information content (AvgIpc) is 2.87. The minimum atomic E-state index is -0.858.